The van der Waals surface area contributed by atoms with E-state index < -0.39 is 34.8 Å². The van der Waals surface area contributed by atoms with E-state index in [2.05, 4.69) is 9.97 Å². The molecule has 10 nitrogen and oxygen atoms in total. The van der Waals surface area contributed by atoms with Gasteiger partial charge in [0.15, 0.2) is 5.65 Å². The van der Waals surface area contributed by atoms with E-state index in [9.17, 15) is 19.8 Å². The van der Waals surface area contributed by atoms with Crippen molar-refractivity contribution in [1.82, 2.24) is 14.5 Å². The first-order valence-electron chi connectivity index (χ1n) is 6.29. The molecule has 1 unspecified atom stereocenters. The molecule has 0 saturated carbocycles. The zero-order chi connectivity index (χ0) is 15.3. The van der Waals surface area contributed by atoms with Crippen LogP contribution >= 0.6 is 11.3 Å². The third-order valence-electron chi connectivity index (χ3n) is 3.61. The molecule has 2 aromatic rings. The predicted octanol–water partition coefficient (Wildman–Crippen LogP) is -2.21. The standard InChI is InChI=1S/C11H14N4O5S.H2O/c1-3-5(17)4(2-16)20-9(3)15-7-6(21-11(15)19)8(18)14-10(12)13-7;/h3-5,9,16-17H,2H2,1H3,(H3,12,13,14,18);1H2/t3?,4-,5+,9-;/m1./s1. The third-order valence-corrected chi connectivity index (χ3v) is 4.55. The topological polar surface area (TPSA) is 175 Å². The van der Waals surface area contributed by atoms with Gasteiger partial charge in [0.05, 0.1) is 12.7 Å². The molecule has 0 bridgehead atoms. The molecule has 0 amide bonds. The van der Waals surface area contributed by atoms with Crippen LogP contribution in [0.15, 0.2) is 9.59 Å². The minimum atomic E-state index is -0.916. The van der Waals surface area contributed by atoms with E-state index in [0.717, 1.165) is 11.3 Å². The Morgan fingerprint density at radius 3 is 2.77 bits per heavy atom. The number of anilines is 1. The third kappa shape index (κ3) is 2.32. The van der Waals surface area contributed by atoms with Gasteiger partial charge in [0.2, 0.25) is 5.95 Å². The molecule has 1 aliphatic rings. The van der Waals surface area contributed by atoms with E-state index in [4.69, 9.17) is 10.5 Å². The van der Waals surface area contributed by atoms with Crippen LogP contribution in [0.4, 0.5) is 5.95 Å². The van der Waals surface area contributed by atoms with Gasteiger partial charge in [0, 0.05) is 5.92 Å². The van der Waals surface area contributed by atoms with E-state index in [-0.39, 0.29) is 28.4 Å². The molecule has 0 aromatic carbocycles. The maximum absolute atomic E-state index is 12.2. The van der Waals surface area contributed by atoms with Gasteiger partial charge >= 0.3 is 4.87 Å². The summed E-state index contributed by atoms with van der Waals surface area (Å²) in [6.07, 6.45) is -2.51. The molecule has 4 atom stereocenters. The fourth-order valence-electron chi connectivity index (χ4n) is 2.51. The number of fused-ring (bicyclic) bond motifs is 1. The average molecular weight is 332 g/mol. The van der Waals surface area contributed by atoms with E-state index in [0.29, 0.717) is 0 Å². The monoisotopic (exact) mass is 332 g/mol. The summed E-state index contributed by atoms with van der Waals surface area (Å²) in [5.41, 5.74) is 5.13. The maximum Gasteiger partial charge on any atom is 0.311 e. The van der Waals surface area contributed by atoms with Crippen molar-refractivity contribution in [3.63, 3.8) is 0 Å². The second kappa shape index (κ2) is 5.78. The molecule has 3 heterocycles. The van der Waals surface area contributed by atoms with Crippen molar-refractivity contribution in [2.45, 2.75) is 25.4 Å². The van der Waals surface area contributed by atoms with E-state index >= 15 is 0 Å². The summed E-state index contributed by atoms with van der Waals surface area (Å²) in [6, 6.07) is 0. The number of aliphatic hydroxyl groups excluding tert-OH is 2. The first kappa shape index (κ1) is 16.6. The molecule has 0 aliphatic carbocycles. The minimum Gasteiger partial charge on any atom is -0.412 e. The zero-order valence-electron chi connectivity index (χ0n) is 11.5. The Hall–Kier alpha value is -1.79. The summed E-state index contributed by atoms with van der Waals surface area (Å²) in [6.45, 7) is 1.33. The minimum absolute atomic E-state index is 0. The molecular weight excluding hydrogens is 316 g/mol. The van der Waals surface area contributed by atoms with Crippen molar-refractivity contribution in [3.8, 4) is 0 Å². The molecule has 2 aromatic heterocycles. The Morgan fingerprint density at radius 2 is 2.18 bits per heavy atom. The van der Waals surface area contributed by atoms with Crippen molar-refractivity contribution >= 4 is 27.6 Å². The Morgan fingerprint density at radius 1 is 1.50 bits per heavy atom. The van der Waals surface area contributed by atoms with Gasteiger partial charge in [-0.1, -0.05) is 18.3 Å². The number of aromatic amines is 1. The Labute approximate surface area is 127 Å². The van der Waals surface area contributed by atoms with Gasteiger partial charge in [-0.05, 0) is 0 Å². The summed E-state index contributed by atoms with van der Waals surface area (Å²) >= 11 is 0.734. The summed E-state index contributed by atoms with van der Waals surface area (Å²) in [5.74, 6) is -0.552. The number of H-pyrrole nitrogens is 1. The van der Waals surface area contributed by atoms with Gasteiger partial charge in [-0.2, -0.15) is 4.98 Å². The van der Waals surface area contributed by atoms with Crippen LogP contribution in [-0.2, 0) is 4.74 Å². The second-order valence-corrected chi connectivity index (χ2v) is 5.90. The Bertz CT molecular complexity index is 798. The number of hydrogen-bond acceptors (Lipinski definition) is 8. The zero-order valence-corrected chi connectivity index (χ0v) is 12.3. The number of nitrogens with two attached hydrogens (primary N) is 1. The van der Waals surface area contributed by atoms with Gasteiger partial charge in [-0.3, -0.25) is 19.1 Å². The van der Waals surface area contributed by atoms with Gasteiger partial charge in [-0.15, -0.1) is 0 Å². The van der Waals surface area contributed by atoms with E-state index in [1.54, 1.807) is 6.92 Å². The van der Waals surface area contributed by atoms with Crippen LogP contribution in [0, 0.1) is 5.92 Å². The lowest BCUT2D eigenvalue weighted by Crippen LogP contribution is -2.28. The lowest BCUT2D eigenvalue weighted by atomic mass is 10.0. The number of thiazole rings is 1. The fourth-order valence-corrected chi connectivity index (χ4v) is 3.35. The number of aromatic nitrogens is 3. The van der Waals surface area contributed by atoms with Crippen LogP contribution in [-0.4, -0.2) is 49.0 Å². The van der Waals surface area contributed by atoms with Crippen molar-refractivity contribution in [1.29, 1.82) is 0 Å². The molecule has 0 spiro atoms. The molecular formula is C11H16N4O6S. The fraction of sp³-hybridized carbons (Fsp3) is 0.545. The van der Waals surface area contributed by atoms with Crippen LogP contribution in [0.5, 0.6) is 0 Å². The summed E-state index contributed by atoms with van der Waals surface area (Å²) < 4.78 is 6.87. The SMILES string of the molecule is CC1[C@H](n2c(=O)sc3c(=O)[nH]c(N)nc32)O[C@H](CO)[C@H]1O.O. The number of hydrogen-bond donors (Lipinski definition) is 4. The van der Waals surface area contributed by atoms with Crippen LogP contribution in [0.3, 0.4) is 0 Å². The van der Waals surface area contributed by atoms with Gasteiger partial charge < -0.3 is 26.2 Å². The maximum atomic E-state index is 12.2. The van der Waals surface area contributed by atoms with Crippen LogP contribution in [0.25, 0.3) is 10.3 Å². The van der Waals surface area contributed by atoms with Crippen molar-refractivity contribution in [2.75, 3.05) is 12.3 Å². The second-order valence-electron chi connectivity index (χ2n) is 4.94. The summed E-state index contributed by atoms with van der Waals surface area (Å²) in [7, 11) is 0. The molecule has 11 heteroatoms. The number of ether oxygens (including phenoxy) is 1. The van der Waals surface area contributed by atoms with Crippen molar-refractivity contribution < 1.29 is 20.4 Å². The average Bonchev–Trinajstić information content (AvgIpc) is 2.89. The van der Waals surface area contributed by atoms with Crippen LogP contribution in [0.2, 0.25) is 0 Å². The number of aliphatic hydroxyl groups is 2. The molecule has 22 heavy (non-hydrogen) atoms. The molecule has 1 aliphatic heterocycles. The quantitative estimate of drug-likeness (QED) is 0.482. The highest BCUT2D eigenvalue weighted by Gasteiger charge is 2.43. The van der Waals surface area contributed by atoms with Crippen LogP contribution < -0.4 is 16.2 Å². The van der Waals surface area contributed by atoms with E-state index in [1.165, 1.54) is 4.57 Å². The molecule has 3 rings (SSSR count). The Balaban J connectivity index is 0.00000176. The highest BCUT2D eigenvalue weighted by atomic mass is 32.1. The summed E-state index contributed by atoms with van der Waals surface area (Å²) in [5, 5.41) is 19.2. The van der Waals surface area contributed by atoms with Gasteiger partial charge in [0.25, 0.3) is 5.56 Å². The molecule has 122 valence electrons. The first-order chi connectivity index (χ1) is 9.93. The molecule has 0 radical (unpaired) electrons. The first-order valence-corrected chi connectivity index (χ1v) is 7.11. The van der Waals surface area contributed by atoms with E-state index in [1.807, 2.05) is 0 Å². The largest absolute Gasteiger partial charge is 0.412 e. The lowest BCUT2D eigenvalue weighted by Gasteiger charge is -2.16. The lowest BCUT2D eigenvalue weighted by molar-refractivity contribution is -0.0452. The molecule has 1 saturated heterocycles. The number of nitrogen functional groups attached to an aromatic ring is 1. The summed E-state index contributed by atoms with van der Waals surface area (Å²) in [4.78, 5) is 29.8. The highest BCUT2D eigenvalue weighted by Crippen LogP contribution is 2.35. The predicted molar refractivity (Wildman–Crippen MR) is 78.7 cm³/mol. The highest BCUT2D eigenvalue weighted by molar-refractivity contribution is 7.16. The van der Waals surface area contributed by atoms with Crippen molar-refractivity contribution in [2.24, 2.45) is 5.92 Å². The van der Waals surface area contributed by atoms with Gasteiger partial charge in [0.1, 0.15) is 17.0 Å². The smallest absolute Gasteiger partial charge is 0.311 e. The number of nitrogens with zero attached hydrogens (tertiary/aromatic N) is 2. The molecule has 7 N–H and O–H groups in total. The molecule has 1 fully saturated rings. The normalized spacial score (nSPS) is 28.0. The van der Waals surface area contributed by atoms with Gasteiger partial charge in [-0.25, -0.2) is 0 Å². The number of rotatable bonds is 2. The number of nitrogens with one attached hydrogen (secondary N) is 1. The van der Waals surface area contributed by atoms with Crippen LogP contribution in [0.1, 0.15) is 13.2 Å². The Kier molecular flexibility index (Phi) is 4.35. The van der Waals surface area contributed by atoms with Crippen molar-refractivity contribution in [3.05, 3.63) is 20.0 Å².